The Labute approximate surface area is 226 Å². The minimum atomic E-state index is -0.785. The predicted molar refractivity (Wildman–Crippen MR) is 149 cm³/mol. The molecule has 4 rings (SSSR count). The minimum Gasteiger partial charge on any atom is -0.372 e. The van der Waals surface area contributed by atoms with E-state index >= 15 is 0 Å². The third-order valence-corrected chi connectivity index (χ3v) is 6.38. The molecule has 1 saturated heterocycles. The molecule has 0 unspecified atom stereocenters. The van der Waals surface area contributed by atoms with Gasteiger partial charge in [0.15, 0.2) is 5.79 Å². The SMILES string of the molecule is C=C[C@H]1OC(C)(C)O[C@H]1[C@@H](OCc1ccccc1)[C@H](OCc1ccccc1)C(=C)COCc1ccccc1. The molecule has 1 heterocycles. The molecule has 3 aromatic carbocycles. The summed E-state index contributed by atoms with van der Waals surface area (Å²) in [5.74, 6) is -0.785. The quantitative estimate of drug-likeness (QED) is 0.226. The second-order valence-corrected chi connectivity index (χ2v) is 9.92. The van der Waals surface area contributed by atoms with E-state index in [1.165, 1.54) is 0 Å². The van der Waals surface area contributed by atoms with Crippen LogP contribution in [0.15, 0.2) is 116 Å². The maximum absolute atomic E-state index is 6.58. The Morgan fingerprint density at radius 1 is 0.789 bits per heavy atom. The summed E-state index contributed by atoms with van der Waals surface area (Å²) in [7, 11) is 0. The molecule has 38 heavy (non-hydrogen) atoms. The molecule has 1 aliphatic rings. The molecular weight excluding hydrogens is 476 g/mol. The largest absolute Gasteiger partial charge is 0.372 e. The van der Waals surface area contributed by atoms with Gasteiger partial charge in [-0.1, -0.05) is 104 Å². The molecule has 0 bridgehead atoms. The van der Waals surface area contributed by atoms with E-state index in [9.17, 15) is 0 Å². The first kappa shape index (κ1) is 28.0. The first-order valence-electron chi connectivity index (χ1n) is 13.0. The Morgan fingerprint density at radius 2 is 1.29 bits per heavy atom. The summed E-state index contributed by atoms with van der Waals surface area (Å²) in [5.41, 5.74) is 3.98. The first-order valence-corrected chi connectivity index (χ1v) is 13.0. The van der Waals surface area contributed by atoms with E-state index in [0.29, 0.717) is 26.4 Å². The third-order valence-electron chi connectivity index (χ3n) is 6.38. The second-order valence-electron chi connectivity index (χ2n) is 9.92. The van der Waals surface area contributed by atoms with E-state index < -0.39 is 24.1 Å². The average molecular weight is 515 g/mol. The zero-order chi connectivity index (χ0) is 26.8. The highest BCUT2D eigenvalue weighted by molar-refractivity contribution is 5.17. The topological polar surface area (TPSA) is 46.2 Å². The van der Waals surface area contributed by atoms with E-state index in [0.717, 1.165) is 22.3 Å². The van der Waals surface area contributed by atoms with Gasteiger partial charge in [-0.2, -0.15) is 0 Å². The fourth-order valence-electron chi connectivity index (χ4n) is 4.54. The number of benzene rings is 3. The minimum absolute atomic E-state index is 0.315. The molecule has 200 valence electrons. The standard InChI is InChI=1S/C33H38O5/c1-5-29-31(38-33(3,4)37-29)32(36-24-28-19-13-8-14-20-28)30(35-23-27-17-11-7-12-18-27)25(2)21-34-22-26-15-9-6-10-16-26/h5-20,29-32H,1-2,21-24H2,3-4H3/t29-,30-,31-,32+/m1/s1. The Bertz CT molecular complexity index is 1130. The number of hydrogen-bond donors (Lipinski definition) is 0. The molecule has 0 saturated carbocycles. The molecule has 3 aromatic rings. The summed E-state index contributed by atoms with van der Waals surface area (Å²) in [5, 5.41) is 0. The van der Waals surface area contributed by atoms with Crippen molar-refractivity contribution in [2.45, 2.75) is 63.9 Å². The summed E-state index contributed by atoms with van der Waals surface area (Å²) in [6.45, 7) is 13.7. The van der Waals surface area contributed by atoms with Crippen molar-refractivity contribution in [3.63, 3.8) is 0 Å². The third kappa shape index (κ3) is 7.97. The zero-order valence-corrected chi connectivity index (χ0v) is 22.3. The Balaban J connectivity index is 1.57. The van der Waals surface area contributed by atoms with Crippen LogP contribution in [0.4, 0.5) is 0 Å². The highest BCUT2D eigenvalue weighted by Crippen LogP contribution is 2.35. The van der Waals surface area contributed by atoms with Gasteiger partial charge in [-0.05, 0) is 36.1 Å². The van der Waals surface area contributed by atoms with E-state index in [4.69, 9.17) is 23.7 Å². The smallest absolute Gasteiger partial charge is 0.164 e. The van der Waals surface area contributed by atoms with Gasteiger partial charge >= 0.3 is 0 Å². The molecule has 0 spiro atoms. The van der Waals surface area contributed by atoms with E-state index in [2.05, 4.69) is 13.2 Å². The molecule has 1 fully saturated rings. The van der Waals surface area contributed by atoms with Crippen LogP contribution >= 0.6 is 0 Å². The van der Waals surface area contributed by atoms with Gasteiger partial charge in [0, 0.05) is 0 Å². The lowest BCUT2D eigenvalue weighted by Gasteiger charge is -2.34. The van der Waals surface area contributed by atoms with Crippen molar-refractivity contribution in [3.05, 3.63) is 132 Å². The van der Waals surface area contributed by atoms with Gasteiger partial charge < -0.3 is 23.7 Å². The van der Waals surface area contributed by atoms with Gasteiger partial charge in [0.05, 0.1) is 26.4 Å². The Morgan fingerprint density at radius 3 is 1.82 bits per heavy atom. The summed E-state index contributed by atoms with van der Waals surface area (Å²) in [6.07, 6.45) is -0.0815. The number of ether oxygens (including phenoxy) is 5. The van der Waals surface area contributed by atoms with Gasteiger partial charge in [0.25, 0.3) is 0 Å². The molecule has 1 aliphatic heterocycles. The first-order chi connectivity index (χ1) is 18.4. The van der Waals surface area contributed by atoms with Gasteiger partial charge in [-0.3, -0.25) is 0 Å². The molecule has 0 radical (unpaired) electrons. The maximum Gasteiger partial charge on any atom is 0.164 e. The normalized spacial score (nSPS) is 20.1. The Kier molecular flexibility index (Phi) is 10.0. The van der Waals surface area contributed by atoms with Crippen LogP contribution in [-0.4, -0.2) is 36.8 Å². The molecule has 0 N–H and O–H groups in total. The summed E-state index contributed by atoms with van der Waals surface area (Å²) in [6, 6.07) is 30.2. The average Bonchev–Trinajstić information content (AvgIpc) is 3.26. The van der Waals surface area contributed by atoms with Crippen LogP contribution in [0.25, 0.3) is 0 Å². The van der Waals surface area contributed by atoms with Crippen molar-refractivity contribution < 1.29 is 23.7 Å². The fraction of sp³-hybridized carbons (Fsp3) is 0.333. The van der Waals surface area contributed by atoms with Crippen molar-refractivity contribution in [1.82, 2.24) is 0 Å². The predicted octanol–water partition coefficient (Wildman–Crippen LogP) is 6.64. The van der Waals surface area contributed by atoms with Crippen LogP contribution in [0.2, 0.25) is 0 Å². The van der Waals surface area contributed by atoms with Gasteiger partial charge in [0.1, 0.15) is 24.4 Å². The van der Waals surface area contributed by atoms with Crippen molar-refractivity contribution >= 4 is 0 Å². The molecule has 0 aromatic heterocycles. The van der Waals surface area contributed by atoms with Crippen molar-refractivity contribution in [1.29, 1.82) is 0 Å². The lowest BCUT2D eigenvalue weighted by Crippen LogP contribution is -2.47. The highest BCUT2D eigenvalue weighted by Gasteiger charge is 2.47. The van der Waals surface area contributed by atoms with Crippen LogP contribution < -0.4 is 0 Å². The van der Waals surface area contributed by atoms with Crippen LogP contribution in [-0.2, 0) is 43.5 Å². The van der Waals surface area contributed by atoms with Crippen LogP contribution in [0.3, 0.4) is 0 Å². The number of hydrogen-bond acceptors (Lipinski definition) is 5. The maximum atomic E-state index is 6.58. The molecule has 5 heteroatoms. The van der Waals surface area contributed by atoms with Crippen molar-refractivity contribution in [2.75, 3.05) is 6.61 Å². The monoisotopic (exact) mass is 514 g/mol. The van der Waals surface area contributed by atoms with E-state index in [1.54, 1.807) is 6.08 Å². The summed E-state index contributed by atoms with van der Waals surface area (Å²) < 4.78 is 31.7. The lowest BCUT2D eigenvalue weighted by atomic mass is 9.97. The molecule has 4 atom stereocenters. The zero-order valence-electron chi connectivity index (χ0n) is 22.3. The Hall–Kier alpha value is -3.06. The fourth-order valence-corrected chi connectivity index (χ4v) is 4.54. The molecular formula is C33H38O5. The van der Waals surface area contributed by atoms with E-state index in [1.807, 2.05) is 105 Å². The van der Waals surface area contributed by atoms with Crippen molar-refractivity contribution in [3.8, 4) is 0 Å². The van der Waals surface area contributed by atoms with Crippen LogP contribution in [0.5, 0.6) is 0 Å². The van der Waals surface area contributed by atoms with Gasteiger partial charge in [-0.15, -0.1) is 6.58 Å². The molecule has 0 amide bonds. The van der Waals surface area contributed by atoms with Crippen LogP contribution in [0.1, 0.15) is 30.5 Å². The second kappa shape index (κ2) is 13.7. The molecule has 0 aliphatic carbocycles. The highest BCUT2D eigenvalue weighted by atomic mass is 16.8. The van der Waals surface area contributed by atoms with Gasteiger partial charge in [0.2, 0.25) is 0 Å². The van der Waals surface area contributed by atoms with Crippen LogP contribution in [0, 0.1) is 0 Å². The van der Waals surface area contributed by atoms with Crippen molar-refractivity contribution in [2.24, 2.45) is 0 Å². The molecule has 5 nitrogen and oxygen atoms in total. The lowest BCUT2D eigenvalue weighted by molar-refractivity contribution is -0.175. The summed E-state index contributed by atoms with van der Waals surface area (Å²) in [4.78, 5) is 0. The number of rotatable bonds is 14. The van der Waals surface area contributed by atoms with E-state index in [-0.39, 0.29) is 6.10 Å². The van der Waals surface area contributed by atoms with Gasteiger partial charge in [-0.25, -0.2) is 0 Å². The summed E-state index contributed by atoms with van der Waals surface area (Å²) >= 11 is 0.